The second kappa shape index (κ2) is 5.07. The first-order valence-corrected chi connectivity index (χ1v) is 6.10. The first-order chi connectivity index (χ1) is 8.56. The maximum absolute atomic E-state index is 11.8. The highest BCUT2D eigenvalue weighted by molar-refractivity contribution is 5.03. The van der Waals surface area contributed by atoms with Crippen LogP contribution in [0.2, 0.25) is 0 Å². The average Bonchev–Trinajstić information content (AvgIpc) is 2.76. The lowest BCUT2D eigenvalue weighted by Gasteiger charge is -2.13. The molecule has 1 saturated carbocycles. The van der Waals surface area contributed by atoms with E-state index >= 15 is 0 Å². The lowest BCUT2D eigenvalue weighted by Crippen LogP contribution is -2.32. The van der Waals surface area contributed by atoms with Crippen LogP contribution < -0.4 is 11.2 Å². The molecule has 0 amide bonds. The molecular weight excluding hydrogens is 236 g/mol. The van der Waals surface area contributed by atoms with E-state index in [9.17, 15) is 19.8 Å². The maximum Gasteiger partial charge on any atom is 0.328 e. The highest BCUT2D eigenvalue weighted by Crippen LogP contribution is 2.38. The molecule has 1 aliphatic carbocycles. The minimum atomic E-state index is -0.425. The number of H-pyrrole nitrogens is 1. The molecule has 0 spiro atoms. The highest BCUT2D eigenvalue weighted by atomic mass is 16.3. The molecule has 3 N–H and O–H groups in total. The molecule has 18 heavy (non-hydrogen) atoms. The first kappa shape index (κ1) is 13.0. The third kappa shape index (κ3) is 2.26. The van der Waals surface area contributed by atoms with Crippen LogP contribution in [-0.4, -0.2) is 33.0 Å². The Morgan fingerprint density at radius 2 is 1.83 bits per heavy atom. The minimum absolute atomic E-state index is 0.0127. The quantitative estimate of drug-likeness (QED) is 0.671. The molecule has 1 fully saturated rings. The van der Waals surface area contributed by atoms with Gasteiger partial charge in [0.25, 0.3) is 5.56 Å². The van der Waals surface area contributed by atoms with Gasteiger partial charge >= 0.3 is 5.69 Å². The molecule has 1 heterocycles. The molecular formula is C12H18N2O4. The lowest BCUT2D eigenvalue weighted by atomic mass is 9.98. The lowest BCUT2D eigenvalue weighted by molar-refractivity contribution is 0.141. The molecule has 1 aromatic rings. The van der Waals surface area contributed by atoms with Crippen LogP contribution in [0.3, 0.4) is 0 Å². The Labute approximate surface area is 104 Å². The van der Waals surface area contributed by atoms with Crippen LogP contribution in [0.5, 0.6) is 0 Å². The van der Waals surface area contributed by atoms with Crippen molar-refractivity contribution in [3.63, 3.8) is 0 Å². The molecule has 1 unspecified atom stereocenters. The predicted octanol–water partition coefficient (Wildman–Crippen LogP) is -0.603. The summed E-state index contributed by atoms with van der Waals surface area (Å²) in [6.45, 7) is 1.68. The third-order valence-electron chi connectivity index (χ3n) is 3.82. The van der Waals surface area contributed by atoms with Crippen LogP contribution in [0.4, 0.5) is 0 Å². The van der Waals surface area contributed by atoms with Gasteiger partial charge in [-0.15, -0.1) is 0 Å². The van der Waals surface area contributed by atoms with Gasteiger partial charge in [-0.05, 0) is 31.6 Å². The second-order valence-electron chi connectivity index (χ2n) is 4.99. The molecule has 6 heteroatoms. The van der Waals surface area contributed by atoms with E-state index in [4.69, 9.17) is 0 Å². The van der Waals surface area contributed by atoms with Gasteiger partial charge in [-0.1, -0.05) is 0 Å². The Bertz CT molecular complexity index is 522. The van der Waals surface area contributed by atoms with E-state index in [-0.39, 0.29) is 36.7 Å². The Morgan fingerprint density at radius 3 is 2.33 bits per heavy atom. The van der Waals surface area contributed by atoms with Crippen molar-refractivity contribution in [3.05, 3.63) is 32.6 Å². The number of hydrogen-bond donors (Lipinski definition) is 3. The zero-order valence-corrected chi connectivity index (χ0v) is 10.3. The molecule has 1 aromatic heterocycles. The minimum Gasteiger partial charge on any atom is -0.396 e. The number of aryl methyl sites for hydroxylation is 1. The van der Waals surface area contributed by atoms with E-state index in [0.29, 0.717) is 18.4 Å². The highest BCUT2D eigenvalue weighted by Gasteiger charge is 2.34. The van der Waals surface area contributed by atoms with Crippen molar-refractivity contribution in [3.8, 4) is 0 Å². The fourth-order valence-corrected chi connectivity index (χ4v) is 2.71. The summed E-state index contributed by atoms with van der Waals surface area (Å²) in [6.07, 6.45) is 2.85. The van der Waals surface area contributed by atoms with E-state index < -0.39 is 5.69 Å². The maximum atomic E-state index is 11.8. The molecule has 0 aliphatic heterocycles. The van der Waals surface area contributed by atoms with Crippen LogP contribution in [0.15, 0.2) is 15.8 Å². The number of nitrogens with zero attached hydrogens (tertiary/aromatic N) is 1. The van der Waals surface area contributed by atoms with E-state index in [1.807, 2.05) is 0 Å². The SMILES string of the molecule is Cc1cn(C2C[C@@H](CO)[C@@H](CO)C2)c(=O)[nH]c1=O. The van der Waals surface area contributed by atoms with E-state index in [1.165, 1.54) is 4.57 Å². The average molecular weight is 254 g/mol. The van der Waals surface area contributed by atoms with Gasteiger partial charge in [0.2, 0.25) is 0 Å². The predicted molar refractivity (Wildman–Crippen MR) is 65.5 cm³/mol. The Morgan fingerprint density at radius 1 is 1.28 bits per heavy atom. The van der Waals surface area contributed by atoms with Gasteiger partial charge in [0.1, 0.15) is 0 Å². The number of aromatic amines is 1. The molecule has 6 nitrogen and oxygen atoms in total. The topological polar surface area (TPSA) is 95.3 Å². The number of aliphatic hydroxyl groups is 2. The van der Waals surface area contributed by atoms with Gasteiger partial charge in [0.05, 0.1) is 0 Å². The summed E-state index contributed by atoms with van der Waals surface area (Å²) in [4.78, 5) is 25.3. The standard InChI is InChI=1S/C12H18N2O4/c1-7-4-14(12(18)13-11(7)17)10-2-8(5-15)9(3-10)6-16/h4,8-10,15-16H,2-3,5-6H2,1H3,(H,13,17,18)/t8-,9+,10?. The van der Waals surface area contributed by atoms with Crippen molar-refractivity contribution in [2.45, 2.75) is 25.8 Å². The van der Waals surface area contributed by atoms with Gasteiger partial charge in [-0.3, -0.25) is 14.3 Å². The van der Waals surface area contributed by atoms with Crippen molar-refractivity contribution in [2.75, 3.05) is 13.2 Å². The Kier molecular flexibility index (Phi) is 3.68. The molecule has 100 valence electrons. The van der Waals surface area contributed by atoms with Crippen molar-refractivity contribution < 1.29 is 10.2 Å². The summed E-state index contributed by atoms with van der Waals surface area (Å²) in [5.41, 5.74) is -0.305. The van der Waals surface area contributed by atoms with Crippen LogP contribution in [0.1, 0.15) is 24.4 Å². The Balaban J connectivity index is 2.31. The van der Waals surface area contributed by atoms with Crippen LogP contribution in [-0.2, 0) is 0 Å². The zero-order valence-electron chi connectivity index (χ0n) is 10.3. The third-order valence-corrected chi connectivity index (χ3v) is 3.82. The summed E-state index contributed by atoms with van der Waals surface area (Å²) < 4.78 is 1.51. The summed E-state index contributed by atoms with van der Waals surface area (Å²) >= 11 is 0. The van der Waals surface area contributed by atoms with Crippen LogP contribution >= 0.6 is 0 Å². The number of aromatic nitrogens is 2. The van der Waals surface area contributed by atoms with Gasteiger partial charge in [-0.25, -0.2) is 4.79 Å². The number of nitrogens with one attached hydrogen (secondary N) is 1. The van der Waals surface area contributed by atoms with Gasteiger partial charge in [0.15, 0.2) is 0 Å². The number of hydrogen-bond acceptors (Lipinski definition) is 4. The molecule has 3 atom stereocenters. The molecule has 0 bridgehead atoms. The number of aliphatic hydroxyl groups excluding tert-OH is 2. The first-order valence-electron chi connectivity index (χ1n) is 6.10. The molecule has 0 radical (unpaired) electrons. The molecule has 2 rings (SSSR count). The van der Waals surface area contributed by atoms with Gasteiger partial charge < -0.3 is 10.2 Å². The molecule has 1 aliphatic rings. The van der Waals surface area contributed by atoms with E-state index in [1.54, 1.807) is 13.1 Å². The van der Waals surface area contributed by atoms with Crippen molar-refractivity contribution >= 4 is 0 Å². The summed E-state index contributed by atoms with van der Waals surface area (Å²) in [5, 5.41) is 18.5. The van der Waals surface area contributed by atoms with E-state index in [0.717, 1.165) is 0 Å². The van der Waals surface area contributed by atoms with Crippen molar-refractivity contribution in [2.24, 2.45) is 11.8 Å². The molecule has 0 aromatic carbocycles. The summed E-state index contributed by atoms with van der Waals surface area (Å²) in [7, 11) is 0. The summed E-state index contributed by atoms with van der Waals surface area (Å²) in [5.74, 6) is 0.0262. The van der Waals surface area contributed by atoms with Crippen LogP contribution in [0, 0.1) is 18.8 Å². The smallest absolute Gasteiger partial charge is 0.328 e. The number of rotatable bonds is 3. The van der Waals surface area contributed by atoms with Crippen molar-refractivity contribution in [1.82, 2.24) is 9.55 Å². The monoisotopic (exact) mass is 254 g/mol. The second-order valence-corrected chi connectivity index (χ2v) is 4.99. The zero-order chi connectivity index (χ0) is 13.3. The van der Waals surface area contributed by atoms with Gasteiger partial charge in [-0.2, -0.15) is 0 Å². The summed E-state index contributed by atoms with van der Waals surface area (Å²) in [6, 6.07) is -0.0673. The Hall–Kier alpha value is -1.40. The van der Waals surface area contributed by atoms with E-state index in [2.05, 4.69) is 4.98 Å². The fourth-order valence-electron chi connectivity index (χ4n) is 2.71. The van der Waals surface area contributed by atoms with Gasteiger partial charge in [0, 0.05) is 31.0 Å². The molecule has 0 saturated heterocycles. The largest absolute Gasteiger partial charge is 0.396 e. The van der Waals surface area contributed by atoms with Crippen molar-refractivity contribution in [1.29, 1.82) is 0 Å². The fraction of sp³-hybridized carbons (Fsp3) is 0.667. The van der Waals surface area contributed by atoms with Crippen LogP contribution in [0.25, 0.3) is 0 Å². The normalized spacial score (nSPS) is 27.6.